The van der Waals surface area contributed by atoms with Crippen molar-refractivity contribution in [2.45, 2.75) is 23.8 Å². The van der Waals surface area contributed by atoms with Gasteiger partial charge in [-0.3, -0.25) is 4.79 Å². The van der Waals surface area contributed by atoms with E-state index >= 15 is 0 Å². The number of sulfonamides is 1. The van der Waals surface area contributed by atoms with Gasteiger partial charge in [0, 0.05) is 20.1 Å². The van der Waals surface area contributed by atoms with E-state index in [1.54, 1.807) is 30.1 Å². The minimum atomic E-state index is -3.62. The molecule has 0 bridgehead atoms. The maximum atomic E-state index is 12.4. The zero-order valence-electron chi connectivity index (χ0n) is 13.0. The van der Waals surface area contributed by atoms with Gasteiger partial charge in [0.2, 0.25) is 15.9 Å². The summed E-state index contributed by atoms with van der Waals surface area (Å²) in [4.78, 5) is 14.2. The SMILES string of the molecule is CN(C(=O)CN(C)S(=O)(=O)c1ccccc1)C1CCNCC1. The van der Waals surface area contributed by atoms with Gasteiger partial charge >= 0.3 is 0 Å². The van der Waals surface area contributed by atoms with Gasteiger partial charge in [0.15, 0.2) is 0 Å². The van der Waals surface area contributed by atoms with E-state index < -0.39 is 10.0 Å². The molecule has 6 nitrogen and oxygen atoms in total. The van der Waals surface area contributed by atoms with Crippen LogP contribution in [0.25, 0.3) is 0 Å². The molecule has 1 aliphatic heterocycles. The molecule has 1 aromatic rings. The molecule has 122 valence electrons. The lowest BCUT2D eigenvalue weighted by atomic mass is 10.1. The lowest BCUT2D eigenvalue weighted by molar-refractivity contribution is -0.132. The molecule has 1 amide bonds. The monoisotopic (exact) mass is 325 g/mol. The number of piperidine rings is 1. The standard InChI is InChI=1S/C15H23N3O3S/c1-17(22(20,21)14-6-4-3-5-7-14)12-15(19)18(2)13-8-10-16-11-9-13/h3-7,13,16H,8-12H2,1-2H3. The quantitative estimate of drug-likeness (QED) is 0.857. The highest BCUT2D eigenvalue weighted by atomic mass is 32.2. The maximum Gasteiger partial charge on any atom is 0.243 e. The molecule has 0 atom stereocenters. The summed E-state index contributed by atoms with van der Waals surface area (Å²) in [6.45, 7) is 1.64. The number of hydrogen-bond donors (Lipinski definition) is 1. The van der Waals surface area contributed by atoms with Crippen molar-refractivity contribution in [3.05, 3.63) is 30.3 Å². The first-order chi connectivity index (χ1) is 10.4. The Balaban J connectivity index is 2.01. The number of nitrogens with one attached hydrogen (secondary N) is 1. The van der Waals surface area contributed by atoms with Crippen molar-refractivity contribution in [2.24, 2.45) is 0 Å². The highest BCUT2D eigenvalue weighted by molar-refractivity contribution is 7.89. The smallest absolute Gasteiger partial charge is 0.243 e. The van der Waals surface area contributed by atoms with Crippen LogP contribution in [0.5, 0.6) is 0 Å². The normalized spacial score (nSPS) is 16.7. The minimum absolute atomic E-state index is 0.141. The number of carbonyl (C=O) groups excluding carboxylic acids is 1. The van der Waals surface area contributed by atoms with Gasteiger partial charge in [-0.05, 0) is 38.1 Å². The van der Waals surface area contributed by atoms with Gasteiger partial charge < -0.3 is 10.2 Å². The van der Waals surface area contributed by atoms with Crippen molar-refractivity contribution in [2.75, 3.05) is 33.7 Å². The molecule has 1 aliphatic rings. The number of hydrogen-bond acceptors (Lipinski definition) is 4. The molecule has 0 spiro atoms. The minimum Gasteiger partial charge on any atom is -0.342 e. The number of likely N-dealkylation sites (N-methyl/N-ethyl adjacent to an activating group) is 2. The van der Waals surface area contributed by atoms with Crippen LogP contribution in [-0.2, 0) is 14.8 Å². The predicted molar refractivity (Wildman–Crippen MR) is 84.9 cm³/mol. The molecular formula is C15H23N3O3S. The Hall–Kier alpha value is -1.44. The molecule has 1 N–H and O–H groups in total. The fourth-order valence-corrected chi connectivity index (χ4v) is 3.70. The van der Waals surface area contributed by atoms with E-state index in [2.05, 4.69) is 5.32 Å². The predicted octanol–water partition coefficient (Wildman–Crippen LogP) is 0.518. The van der Waals surface area contributed by atoms with Crippen LogP contribution in [0.3, 0.4) is 0 Å². The molecule has 1 heterocycles. The van der Waals surface area contributed by atoms with Crippen molar-refractivity contribution >= 4 is 15.9 Å². The Morgan fingerprint density at radius 3 is 2.36 bits per heavy atom. The zero-order chi connectivity index (χ0) is 16.2. The maximum absolute atomic E-state index is 12.4. The Bertz CT molecular complexity index is 598. The summed E-state index contributed by atoms with van der Waals surface area (Å²) in [5, 5.41) is 3.25. The molecule has 0 aliphatic carbocycles. The second kappa shape index (κ2) is 7.21. The van der Waals surface area contributed by atoms with E-state index in [0.29, 0.717) is 0 Å². The Morgan fingerprint density at radius 1 is 1.18 bits per heavy atom. The Labute approximate surface area is 132 Å². The third kappa shape index (κ3) is 3.85. The van der Waals surface area contributed by atoms with Gasteiger partial charge in [-0.15, -0.1) is 0 Å². The summed E-state index contributed by atoms with van der Waals surface area (Å²) in [5.74, 6) is -0.172. The summed E-state index contributed by atoms with van der Waals surface area (Å²) in [6, 6.07) is 8.35. The van der Waals surface area contributed by atoms with E-state index in [1.807, 2.05) is 0 Å². The van der Waals surface area contributed by atoms with Crippen LogP contribution in [0.2, 0.25) is 0 Å². The average Bonchev–Trinajstić information content (AvgIpc) is 2.55. The molecule has 1 aromatic carbocycles. The van der Waals surface area contributed by atoms with Crippen LogP contribution in [0.4, 0.5) is 0 Å². The van der Waals surface area contributed by atoms with E-state index in [-0.39, 0.29) is 23.4 Å². The molecular weight excluding hydrogens is 302 g/mol. The topological polar surface area (TPSA) is 69.7 Å². The first-order valence-corrected chi connectivity index (χ1v) is 8.84. The largest absolute Gasteiger partial charge is 0.342 e. The lowest BCUT2D eigenvalue weighted by Crippen LogP contribution is -2.47. The third-order valence-electron chi connectivity index (χ3n) is 4.06. The molecule has 0 unspecified atom stereocenters. The molecule has 7 heteroatoms. The summed E-state index contributed by atoms with van der Waals surface area (Å²) < 4.78 is 25.9. The summed E-state index contributed by atoms with van der Waals surface area (Å²) >= 11 is 0. The summed E-state index contributed by atoms with van der Waals surface area (Å²) in [7, 11) is -0.433. The zero-order valence-corrected chi connectivity index (χ0v) is 13.8. The van der Waals surface area contributed by atoms with Crippen LogP contribution >= 0.6 is 0 Å². The number of nitrogens with zero attached hydrogens (tertiary/aromatic N) is 2. The number of benzene rings is 1. The van der Waals surface area contributed by atoms with Gasteiger partial charge in [-0.2, -0.15) is 4.31 Å². The fourth-order valence-electron chi connectivity index (χ4n) is 2.56. The highest BCUT2D eigenvalue weighted by Gasteiger charge is 2.27. The first kappa shape index (κ1) is 16.9. The van der Waals surface area contributed by atoms with Gasteiger partial charge in [-0.1, -0.05) is 18.2 Å². The van der Waals surface area contributed by atoms with Crippen LogP contribution < -0.4 is 5.32 Å². The van der Waals surface area contributed by atoms with Gasteiger partial charge in [0.05, 0.1) is 11.4 Å². The second-order valence-corrected chi connectivity index (χ2v) is 7.60. The van der Waals surface area contributed by atoms with E-state index in [1.165, 1.54) is 19.2 Å². The van der Waals surface area contributed by atoms with Gasteiger partial charge in [-0.25, -0.2) is 8.42 Å². The summed E-state index contributed by atoms with van der Waals surface area (Å²) in [6.07, 6.45) is 1.80. The van der Waals surface area contributed by atoms with Crippen molar-refractivity contribution in [1.82, 2.24) is 14.5 Å². The Kier molecular flexibility index (Phi) is 5.55. The number of carbonyl (C=O) groups is 1. The van der Waals surface area contributed by atoms with Crippen molar-refractivity contribution in [3.8, 4) is 0 Å². The van der Waals surface area contributed by atoms with Gasteiger partial charge in [0.1, 0.15) is 0 Å². The van der Waals surface area contributed by atoms with Crippen LogP contribution in [-0.4, -0.2) is 63.3 Å². The number of amides is 1. The molecule has 0 radical (unpaired) electrons. The molecule has 1 saturated heterocycles. The Morgan fingerprint density at radius 2 is 1.77 bits per heavy atom. The van der Waals surface area contributed by atoms with Crippen molar-refractivity contribution in [3.63, 3.8) is 0 Å². The first-order valence-electron chi connectivity index (χ1n) is 7.40. The molecule has 0 saturated carbocycles. The molecule has 1 fully saturated rings. The van der Waals surface area contributed by atoms with E-state index in [4.69, 9.17) is 0 Å². The third-order valence-corrected chi connectivity index (χ3v) is 5.88. The van der Waals surface area contributed by atoms with E-state index in [0.717, 1.165) is 30.2 Å². The summed E-state index contributed by atoms with van der Waals surface area (Å²) in [5.41, 5.74) is 0. The average molecular weight is 325 g/mol. The van der Waals surface area contributed by atoms with Crippen LogP contribution in [0.15, 0.2) is 35.2 Å². The van der Waals surface area contributed by atoms with Crippen molar-refractivity contribution < 1.29 is 13.2 Å². The lowest BCUT2D eigenvalue weighted by Gasteiger charge is -2.32. The van der Waals surface area contributed by atoms with Crippen LogP contribution in [0.1, 0.15) is 12.8 Å². The molecule has 2 rings (SSSR count). The molecule has 0 aromatic heterocycles. The van der Waals surface area contributed by atoms with Crippen molar-refractivity contribution in [1.29, 1.82) is 0 Å². The fraction of sp³-hybridized carbons (Fsp3) is 0.533. The molecule has 22 heavy (non-hydrogen) atoms. The number of rotatable bonds is 5. The van der Waals surface area contributed by atoms with Gasteiger partial charge in [0.25, 0.3) is 0 Å². The van der Waals surface area contributed by atoms with Crippen LogP contribution in [0, 0.1) is 0 Å². The van der Waals surface area contributed by atoms with E-state index in [9.17, 15) is 13.2 Å². The second-order valence-electron chi connectivity index (χ2n) is 5.56. The highest BCUT2D eigenvalue weighted by Crippen LogP contribution is 2.15.